The van der Waals surface area contributed by atoms with Crippen molar-refractivity contribution in [3.63, 3.8) is 0 Å². The Bertz CT molecular complexity index is 1170. The Morgan fingerprint density at radius 2 is 1.71 bits per heavy atom. The van der Waals surface area contributed by atoms with Gasteiger partial charge in [0.25, 0.3) is 5.91 Å². The van der Waals surface area contributed by atoms with E-state index in [4.69, 9.17) is 0 Å². The number of aliphatic hydroxyl groups is 1. The summed E-state index contributed by atoms with van der Waals surface area (Å²) >= 11 is 0. The second kappa shape index (κ2) is 9.83. The molecule has 154 valence electrons. The molecule has 0 aliphatic carbocycles. The van der Waals surface area contributed by atoms with Crippen LogP contribution in [-0.2, 0) is 6.42 Å². The molecular weight excluding hydrogens is 384 g/mol. The van der Waals surface area contributed by atoms with E-state index in [0.717, 1.165) is 16.5 Å². The molecule has 0 saturated carbocycles. The molecule has 4 heteroatoms. The minimum atomic E-state index is -0.396. The SMILES string of the molecule is O=C(c1cccnc1)N(/C=C/c1ccc2ccccc2c1)[C@H](CO)Cc1ccccc1. The molecule has 1 amide bonds. The summed E-state index contributed by atoms with van der Waals surface area (Å²) in [6.45, 7) is -0.150. The first-order chi connectivity index (χ1) is 15.2. The van der Waals surface area contributed by atoms with Gasteiger partial charge in [-0.05, 0) is 52.6 Å². The van der Waals surface area contributed by atoms with Crippen molar-refractivity contribution in [1.82, 2.24) is 9.88 Å². The maximum Gasteiger partial charge on any atom is 0.259 e. The molecule has 1 heterocycles. The van der Waals surface area contributed by atoms with Gasteiger partial charge >= 0.3 is 0 Å². The van der Waals surface area contributed by atoms with E-state index < -0.39 is 6.04 Å². The minimum Gasteiger partial charge on any atom is -0.394 e. The second-order valence-electron chi connectivity index (χ2n) is 7.40. The number of rotatable bonds is 7. The zero-order chi connectivity index (χ0) is 21.5. The van der Waals surface area contributed by atoms with Gasteiger partial charge in [0.15, 0.2) is 0 Å². The standard InChI is InChI=1S/C27H24N2O2/c30-20-26(18-21-7-2-1-3-8-21)29(27(31)25-11-6-15-28-19-25)16-14-22-12-13-23-9-4-5-10-24(23)17-22/h1-17,19,26,30H,18,20H2/b16-14+/t26-/m0/s1. The van der Waals surface area contributed by atoms with E-state index >= 15 is 0 Å². The maximum atomic E-state index is 13.3. The quantitative estimate of drug-likeness (QED) is 0.471. The Balaban J connectivity index is 1.66. The van der Waals surface area contributed by atoms with Crippen molar-refractivity contribution >= 4 is 22.8 Å². The van der Waals surface area contributed by atoms with Crippen LogP contribution in [0.15, 0.2) is 104 Å². The van der Waals surface area contributed by atoms with Crippen molar-refractivity contribution in [2.24, 2.45) is 0 Å². The Kier molecular flexibility index (Phi) is 6.50. The zero-order valence-electron chi connectivity index (χ0n) is 17.1. The predicted molar refractivity (Wildman–Crippen MR) is 124 cm³/mol. The molecule has 0 fully saturated rings. The number of hydrogen-bond donors (Lipinski definition) is 1. The van der Waals surface area contributed by atoms with Gasteiger partial charge in [-0.15, -0.1) is 0 Å². The molecule has 4 nitrogen and oxygen atoms in total. The van der Waals surface area contributed by atoms with Crippen molar-refractivity contribution in [3.05, 3.63) is 120 Å². The highest BCUT2D eigenvalue weighted by Gasteiger charge is 2.23. The smallest absolute Gasteiger partial charge is 0.259 e. The van der Waals surface area contributed by atoms with Crippen LogP contribution >= 0.6 is 0 Å². The number of carbonyl (C=O) groups is 1. The molecule has 3 aromatic carbocycles. The van der Waals surface area contributed by atoms with Gasteiger partial charge in [0.1, 0.15) is 0 Å². The van der Waals surface area contributed by atoms with E-state index in [1.54, 1.807) is 35.6 Å². The number of aliphatic hydroxyl groups excluding tert-OH is 1. The van der Waals surface area contributed by atoms with Gasteiger partial charge in [-0.3, -0.25) is 9.78 Å². The number of amides is 1. The summed E-state index contributed by atoms with van der Waals surface area (Å²) in [6, 6.07) is 27.3. The predicted octanol–water partition coefficient (Wildman–Crippen LogP) is 4.95. The number of pyridine rings is 1. The highest BCUT2D eigenvalue weighted by molar-refractivity contribution is 5.95. The third kappa shape index (κ3) is 5.05. The van der Waals surface area contributed by atoms with Crippen LogP contribution in [0.5, 0.6) is 0 Å². The first-order valence-corrected chi connectivity index (χ1v) is 10.3. The van der Waals surface area contributed by atoms with Crippen molar-refractivity contribution in [2.75, 3.05) is 6.61 Å². The summed E-state index contributed by atoms with van der Waals surface area (Å²) in [5.41, 5.74) is 2.53. The van der Waals surface area contributed by atoms with Gasteiger partial charge in [-0.2, -0.15) is 0 Å². The van der Waals surface area contributed by atoms with E-state index in [0.29, 0.717) is 12.0 Å². The first-order valence-electron chi connectivity index (χ1n) is 10.3. The summed E-state index contributed by atoms with van der Waals surface area (Å²) in [7, 11) is 0. The van der Waals surface area contributed by atoms with E-state index in [1.165, 1.54) is 5.39 Å². The molecule has 0 saturated heterocycles. The fraction of sp³-hybridized carbons (Fsp3) is 0.111. The molecule has 1 aromatic heterocycles. The second-order valence-corrected chi connectivity index (χ2v) is 7.40. The zero-order valence-corrected chi connectivity index (χ0v) is 17.1. The van der Waals surface area contributed by atoms with E-state index in [9.17, 15) is 9.90 Å². The molecule has 4 aromatic rings. The molecule has 0 radical (unpaired) electrons. The number of nitrogens with zero attached hydrogens (tertiary/aromatic N) is 2. The Labute approximate surface area is 182 Å². The van der Waals surface area contributed by atoms with Crippen LogP contribution in [0.25, 0.3) is 16.8 Å². The van der Waals surface area contributed by atoms with Crippen LogP contribution in [0.3, 0.4) is 0 Å². The summed E-state index contributed by atoms with van der Waals surface area (Å²) in [5.74, 6) is -0.194. The third-order valence-corrected chi connectivity index (χ3v) is 5.26. The van der Waals surface area contributed by atoms with Gasteiger partial charge in [0.05, 0.1) is 18.2 Å². The Hall–Kier alpha value is -3.76. The van der Waals surface area contributed by atoms with Crippen LogP contribution in [0.4, 0.5) is 0 Å². The van der Waals surface area contributed by atoms with Crippen LogP contribution in [0, 0.1) is 0 Å². The number of aromatic nitrogens is 1. The largest absolute Gasteiger partial charge is 0.394 e. The van der Waals surface area contributed by atoms with Crippen LogP contribution in [0.2, 0.25) is 0 Å². The third-order valence-electron chi connectivity index (χ3n) is 5.26. The highest BCUT2D eigenvalue weighted by Crippen LogP contribution is 2.19. The van der Waals surface area contributed by atoms with Gasteiger partial charge in [0, 0.05) is 18.6 Å². The molecule has 31 heavy (non-hydrogen) atoms. The fourth-order valence-electron chi connectivity index (χ4n) is 3.61. The molecule has 0 unspecified atom stereocenters. The number of hydrogen-bond acceptors (Lipinski definition) is 3. The lowest BCUT2D eigenvalue weighted by Gasteiger charge is -2.28. The molecule has 0 aliphatic heterocycles. The van der Waals surface area contributed by atoms with Crippen LogP contribution in [-0.4, -0.2) is 33.5 Å². The molecule has 0 aliphatic rings. The van der Waals surface area contributed by atoms with Gasteiger partial charge in [-0.1, -0.05) is 66.7 Å². The summed E-state index contributed by atoms with van der Waals surface area (Å²) < 4.78 is 0. The monoisotopic (exact) mass is 408 g/mol. The topological polar surface area (TPSA) is 53.4 Å². The van der Waals surface area contributed by atoms with Crippen molar-refractivity contribution in [2.45, 2.75) is 12.5 Å². The lowest BCUT2D eigenvalue weighted by Crippen LogP contribution is -2.40. The maximum absolute atomic E-state index is 13.3. The van der Waals surface area contributed by atoms with Gasteiger partial charge < -0.3 is 10.0 Å². The average molecular weight is 409 g/mol. The normalized spacial score (nSPS) is 12.2. The van der Waals surface area contributed by atoms with Gasteiger partial charge in [-0.25, -0.2) is 0 Å². The highest BCUT2D eigenvalue weighted by atomic mass is 16.3. The molecule has 0 spiro atoms. The van der Waals surface area contributed by atoms with Crippen LogP contribution < -0.4 is 0 Å². The van der Waals surface area contributed by atoms with Crippen LogP contribution in [0.1, 0.15) is 21.5 Å². The lowest BCUT2D eigenvalue weighted by molar-refractivity contribution is 0.0708. The minimum absolute atomic E-state index is 0.150. The lowest BCUT2D eigenvalue weighted by atomic mass is 10.0. The van der Waals surface area contributed by atoms with Crippen molar-refractivity contribution < 1.29 is 9.90 Å². The summed E-state index contributed by atoms with van der Waals surface area (Å²) in [4.78, 5) is 19.0. The van der Waals surface area contributed by atoms with Gasteiger partial charge in [0.2, 0.25) is 0 Å². The number of fused-ring (bicyclic) bond motifs is 1. The fourth-order valence-corrected chi connectivity index (χ4v) is 3.61. The van der Waals surface area contributed by atoms with Crippen molar-refractivity contribution in [1.29, 1.82) is 0 Å². The molecule has 0 bridgehead atoms. The molecule has 1 N–H and O–H groups in total. The van der Waals surface area contributed by atoms with E-state index in [2.05, 4.69) is 29.2 Å². The Morgan fingerprint density at radius 3 is 2.45 bits per heavy atom. The Morgan fingerprint density at radius 1 is 0.935 bits per heavy atom. The number of benzene rings is 3. The summed E-state index contributed by atoms with van der Waals surface area (Å²) in [6.07, 6.45) is 7.42. The van der Waals surface area contributed by atoms with Crippen molar-refractivity contribution in [3.8, 4) is 0 Å². The number of carbonyl (C=O) groups excluding carboxylic acids is 1. The average Bonchev–Trinajstić information content (AvgIpc) is 2.84. The van der Waals surface area contributed by atoms with E-state index in [1.807, 2.05) is 54.6 Å². The first kappa shape index (κ1) is 20.5. The summed E-state index contributed by atoms with van der Waals surface area (Å²) in [5, 5.41) is 12.5. The molecular formula is C27H24N2O2. The molecule has 4 rings (SSSR count). The molecule has 1 atom stereocenters. The van der Waals surface area contributed by atoms with E-state index in [-0.39, 0.29) is 12.5 Å².